The molecule has 5 N–H and O–H groups in total. The predicted octanol–water partition coefficient (Wildman–Crippen LogP) is -0.799. The molecule has 1 fully saturated rings. The van der Waals surface area contributed by atoms with E-state index in [4.69, 9.17) is 17.0 Å². The molecule has 1 aromatic carbocycles. The number of phenols is 2. The van der Waals surface area contributed by atoms with Gasteiger partial charge in [0.2, 0.25) is 0 Å². The SMILES string of the molecule is Oc1cccc(/C=N/NC(=S)NCCC[NH+]2CCOCC2)c1O. The lowest BCUT2D eigenvalue weighted by molar-refractivity contribution is -0.908. The van der Waals surface area contributed by atoms with Gasteiger partial charge in [-0.2, -0.15) is 5.10 Å². The molecular weight excluding hydrogens is 316 g/mol. The van der Waals surface area contributed by atoms with Crippen LogP contribution in [0.25, 0.3) is 0 Å². The van der Waals surface area contributed by atoms with Gasteiger partial charge in [-0.25, -0.2) is 0 Å². The number of benzene rings is 1. The number of phenolic OH excluding ortho intramolecular Hbond substituents is 2. The monoisotopic (exact) mass is 339 g/mol. The predicted molar refractivity (Wildman–Crippen MR) is 92.1 cm³/mol. The van der Waals surface area contributed by atoms with Gasteiger partial charge < -0.3 is 25.2 Å². The number of hydrogen-bond acceptors (Lipinski definition) is 5. The molecule has 7 nitrogen and oxygen atoms in total. The van der Waals surface area contributed by atoms with Crippen LogP contribution in [-0.2, 0) is 4.74 Å². The number of nitrogens with zero attached hydrogens (tertiary/aromatic N) is 1. The Labute approximate surface area is 140 Å². The molecule has 1 aliphatic rings. The van der Waals surface area contributed by atoms with Crippen LogP contribution >= 0.6 is 12.2 Å². The number of morpholine rings is 1. The number of aromatic hydroxyl groups is 2. The lowest BCUT2D eigenvalue weighted by atomic mass is 10.2. The first-order valence-electron chi connectivity index (χ1n) is 7.66. The fraction of sp³-hybridized carbons (Fsp3) is 0.467. The molecule has 1 heterocycles. The van der Waals surface area contributed by atoms with Crippen molar-refractivity contribution >= 4 is 23.5 Å². The Bertz CT molecular complexity index is 548. The molecule has 0 saturated carbocycles. The van der Waals surface area contributed by atoms with Gasteiger partial charge in [0.25, 0.3) is 0 Å². The summed E-state index contributed by atoms with van der Waals surface area (Å²) in [6.45, 7) is 5.71. The Morgan fingerprint density at radius 3 is 2.91 bits per heavy atom. The van der Waals surface area contributed by atoms with Crippen molar-refractivity contribution in [1.82, 2.24) is 10.7 Å². The van der Waals surface area contributed by atoms with Gasteiger partial charge in [-0.05, 0) is 24.4 Å². The summed E-state index contributed by atoms with van der Waals surface area (Å²) in [5.74, 6) is -0.384. The highest BCUT2D eigenvalue weighted by Gasteiger charge is 2.12. The van der Waals surface area contributed by atoms with Crippen LogP contribution < -0.4 is 15.6 Å². The van der Waals surface area contributed by atoms with Crippen LogP contribution in [0.2, 0.25) is 0 Å². The number of para-hydroxylation sites is 1. The number of quaternary nitrogens is 1. The Hall–Kier alpha value is -1.90. The van der Waals surface area contributed by atoms with E-state index >= 15 is 0 Å². The molecule has 23 heavy (non-hydrogen) atoms. The first-order chi connectivity index (χ1) is 11.2. The highest BCUT2D eigenvalue weighted by atomic mass is 32.1. The van der Waals surface area contributed by atoms with E-state index in [1.54, 1.807) is 17.0 Å². The molecule has 0 spiro atoms. The Morgan fingerprint density at radius 1 is 1.35 bits per heavy atom. The summed E-state index contributed by atoms with van der Waals surface area (Å²) in [4.78, 5) is 1.56. The quantitative estimate of drug-likeness (QED) is 0.153. The van der Waals surface area contributed by atoms with Crippen molar-refractivity contribution < 1.29 is 19.8 Å². The molecule has 2 rings (SSSR count). The van der Waals surface area contributed by atoms with Crippen molar-refractivity contribution in [2.75, 3.05) is 39.4 Å². The number of hydrazone groups is 1. The van der Waals surface area contributed by atoms with E-state index in [9.17, 15) is 10.2 Å². The van der Waals surface area contributed by atoms with Crippen molar-refractivity contribution in [1.29, 1.82) is 0 Å². The van der Waals surface area contributed by atoms with Crippen molar-refractivity contribution in [2.24, 2.45) is 5.10 Å². The first-order valence-corrected chi connectivity index (χ1v) is 8.07. The molecule has 1 aliphatic heterocycles. The zero-order chi connectivity index (χ0) is 16.5. The third-order valence-electron chi connectivity index (χ3n) is 3.61. The van der Waals surface area contributed by atoms with Gasteiger partial charge in [-0.1, -0.05) is 6.07 Å². The summed E-state index contributed by atoms with van der Waals surface area (Å²) in [5.41, 5.74) is 3.10. The molecule has 1 saturated heterocycles. The third-order valence-corrected chi connectivity index (χ3v) is 3.84. The molecule has 0 bridgehead atoms. The molecule has 0 atom stereocenters. The standard InChI is InChI=1S/C15H22N4O3S/c20-13-4-1-3-12(14(13)21)11-17-18-15(23)16-5-2-6-19-7-9-22-10-8-19/h1,3-4,11,20-21H,2,5-10H2,(H2,16,18,23)/p+1/b17-11+. The molecule has 1 aromatic rings. The second kappa shape index (κ2) is 9.29. The maximum Gasteiger partial charge on any atom is 0.186 e. The van der Waals surface area contributed by atoms with Crippen LogP contribution in [0, 0.1) is 0 Å². The largest absolute Gasteiger partial charge is 0.504 e. The molecular formula is C15H23N4O3S+. The summed E-state index contributed by atoms with van der Waals surface area (Å²) in [7, 11) is 0. The number of nitrogens with one attached hydrogen (secondary N) is 3. The summed E-state index contributed by atoms with van der Waals surface area (Å²) in [6, 6.07) is 4.67. The van der Waals surface area contributed by atoms with E-state index in [-0.39, 0.29) is 11.5 Å². The summed E-state index contributed by atoms with van der Waals surface area (Å²) in [6.07, 6.45) is 2.43. The fourth-order valence-electron chi connectivity index (χ4n) is 2.30. The van der Waals surface area contributed by atoms with E-state index in [1.807, 2.05) is 0 Å². The highest BCUT2D eigenvalue weighted by molar-refractivity contribution is 7.80. The van der Waals surface area contributed by atoms with Crippen LogP contribution in [0.15, 0.2) is 23.3 Å². The molecule has 0 amide bonds. The summed E-state index contributed by atoms with van der Waals surface area (Å²) >= 11 is 5.12. The van der Waals surface area contributed by atoms with E-state index in [1.165, 1.54) is 12.3 Å². The zero-order valence-electron chi connectivity index (χ0n) is 12.9. The van der Waals surface area contributed by atoms with Gasteiger partial charge in [0, 0.05) is 18.5 Å². The summed E-state index contributed by atoms with van der Waals surface area (Å²) in [5, 5.41) is 26.5. The molecule has 0 aromatic heterocycles. The van der Waals surface area contributed by atoms with Gasteiger partial charge in [0.15, 0.2) is 16.6 Å². The Kier molecular flexibility index (Phi) is 7.05. The van der Waals surface area contributed by atoms with Gasteiger partial charge in [0.05, 0.1) is 26.0 Å². The van der Waals surface area contributed by atoms with Crippen LogP contribution in [0.1, 0.15) is 12.0 Å². The zero-order valence-corrected chi connectivity index (χ0v) is 13.7. The third kappa shape index (κ3) is 6.01. The van der Waals surface area contributed by atoms with Gasteiger partial charge in [-0.15, -0.1) is 0 Å². The Morgan fingerprint density at radius 2 is 2.13 bits per heavy atom. The van der Waals surface area contributed by atoms with Crippen LogP contribution in [0.5, 0.6) is 11.5 Å². The maximum absolute atomic E-state index is 9.63. The van der Waals surface area contributed by atoms with Crippen molar-refractivity contribution in [3.63, 3.8) is 0 Å². The minimum absolute atomic E-state index is 0.180. The van der Waals surface area contributed by atoms with E-state index in [2.05, 4.69) is 15.8 Å². The van der Waals surface area contributed by atoms with Crippen molar-refractivity contribution in [3.8, 4) is 11.5 Å². The fourth-order valence-corrected chi connectivity index (χ4v) is 2.46. The Balaban J connectivity index is 1.63. The first kappa shape index (κ1) is 17.5. The minimum atomic E-state index is -0.203. The highest BCUT2D eigenvalue weighted by Crippen LogP contribution is 2.26. The molecule has 0 aliphatic carbocycles. The molecule has 0 unspecified atom stereocenters. The average molecular weight is 339 g/mol. The second-order valence-electron chi connectivity index (χ2n) is 5.31. The lowest BCUT2D eigenvalue weighted by Crippen LogP contribution is -3.14. The van der Waals surface area contributed by atoms with Crippen molar-refractivity contribution in [2.45, 2.75) is 6.42 Å². The van der Waals surface area contributed by atoms with Crippen LogP contribution in [0.4, 0.5) is 0 Å². The second-order valence-corrected chi connectivity index (χ2v) is 5.72. The number of hydrogen-bond donors (Lipinski definition) is 5. The summed E-state index contributed by atoms with van der Waals surface area (Å²) < 4.78 is 5.32. The molecule has 0 radical (unpaired) electrons. The number of rotatable bonds is 6. The van der Waals surface area contributed by atoms with Crippen LogP contribution in [-0.4, -0.2) is 60.9 Å². The molecule has 126 valence electrons. The van der Waals surface area contributed by atoms with E-state index in [0.717, 1.165) is 45.8 Å². The number of thiocarbonyl (C=S) groups is 1. The van der Waals surface area contributed by atoms with E-state index in [0.29, 0.717) is 10.7 Å². The van der Waals surface area contributed by atoms with Gasteiger partial charge in [0.1, 0.15) is 13.1 Å². The van der Waals surface area contributed by atoms with Gasteiger partial charge >= 0.3 is 0 Å². The minimum Gasteiger partial charge on any atom is -0.504 e. The van der Waals surface area contributed by atoms with E-state index < -0.39 is 0 Å². The maximum atomic E-state index is 9.63. The average Bonchev–Trinajstić information content (AvgIpc) is 2.56. The normalized spacial score (nSPS) is 15.7. The van der Waals surface area contributed by atoms with Crippen LogP contribution in [0.3, 0.4) is 0 Å². The lowest BCUT2D eigenvalue weighted by Gasteiger charge is -2.23. The molecule has 8 heteroatoms. The van der Waals surface area contributed by atoms with Crippen molar-refractivity contribution in [3.05, 3.63) is 23.8 Å². The smallest absolute Gasteiger partial charge is 0.186 e. The van der Waals surface area contributed by atoms with Gasteiger partial charge in [-0.3, -0.25) is 5.43 Å². The topological polar surface area (TPSA) is 90.6 Å². The number of ether oxygens (including phenoxy) is 1.